The van der Waals surface area contributed by atoms with E-state index in [4.69, 9.17) is 15.4 Å². The molecular weight excluding hydrogens is 297 g/mol. The summed E-state index contributed by atoms with van der Waals surface area (Å²) >= 11 is 0. The van der Waals surface area contributed by atoms with Crippen LogP contribution in [0.1, 0.15) is 12.8 Å². The summed E-state index contributed by atoms with van der Waals surface area (Å²) in [6, 6.07) is 0. The van der Waals surface area contributed by atoms with Crippen molar-refractivity contribution in [3.8, 4) is 0 Å². The quantitative estimate of drug-likeness (QED) is 0.748. The zero-order chi connectivity index (χ0) is 15.0. The molecule has 10 heteroatoms. The summed E-state index contributed by atoms with van der Waals surface area (Å²) in [5, 5.41) is 0. The number of rotatable bonds is 4. The summed E-state index contributed by atoms with van der Waals surface area (Å²) in [5.74, 6) is 0.303. The number of nitrogens with two attached hydrogens (primary N) is 1. The molecule has 0 bridgehead atoms. The number of nitrogen functional groups attached to an aromatic ring is 1. The fourth-order valence-corrected chi connectivity index (χ4v) is 2.64. The van der Waals surface area contributed by atoms with E-state index in [9.17, 15) is 9.46 Å². The zero-order valence-electron chi connectivity index (χ0n) is 10.9. The van der Waals surface area contributed by atoms with Crippen LogP contribution in [0.2, 0.25) is 0 Å². The van der Waals surface area contributed by atoms with Crippen LogP contribution in [-0.4, -0.2) is 36.9 Å². The van der Waals surface area contributed by atoms with Crippen LogP contribution in [0.5, 0.6) is 0 Å². The SMILES string of the molecule is Nc1ncnc2c1ncn2C1=C[C@@H](OCP(=O)([O-])O)CC1. The van der Waals surface area contributed by atoms with Gasteiger partial charge >= 0.3 is 0 Å². The molecule has 2 aromatic rings. The van der Waals surface area contributed by atoms with Gasteiger partial charge in [-0.05, 0) is 18.9 Å². The number of imidazole rings is 1. The smallest absolute Gasteiger partial charge is 0.169 e. The van der Waals surface area contributed by atoms with Gasteiger partial charge in [-0.3, -0.25) is 4.57 Å². The van der Waals surface area contributed by atoms with E-state index in [2.05, 4.69) is 15.0 Å². The maximum Gasteiger partial charge on any atom is 0.169 e. The number of hydrogen-bond acceptors (Lipinski definition) is 7. The summed E-state index contributed by atoms with van der Waals surface area (Å²) < 4.78 is 17.6. The van der Waals surface area contributed by atoms with Crippen molar-refractivity contribution in [2.24, 2.45) is 0 Å². The third-order valence-corrected chi connectivity index (χ3v) is 3.66. The number of allylic oxidation sites excluding steroid dienone is 1. The van der Waals surface area contributed by atoms with Crippen molar-refractivity contribution in [2.75, 3.05) is 12.1 Å². The monoisotopic (exact) mass is 310 g/mol. The van der Waals surface area contributed by atoms with Crippen LogP contribution < -0.4 is 10.6 Å². The second-order valence-corrected chi connectivity index (χ2v) is 6.25. The van der Waals surface area contributed by atoms with Crippen LogP contribution in [0.25, 0.3) is 16.9 Å². The maximum atomic E-state index is 10.7. The molecule has 112 valence electrons. The van der Waals surface area contributed by atoms with Gasteiger partial charge in [0.05, 0.1) is 6.10 Å². The molecule has 2 aromatic heterocycles. The lowest BCUT2D eigenvalue weighted by molar-refractivity contribution is -0.199. The van der Waals surface area contributed by atoms with Crippen molar-refractivity contribution in [1.82, 2.24) is 19.5 Å². The molecule has 3 rings (SSSR count). The number of hydrogen-bond donors (Lipinski definition) is 2. The molecule has 0 amide bonds. The van der Waals surface area contributed by atoms with Gasteiger partial charge in [-0.15, -0.1) is 0 Å². The van der Waals surface area contributed by atoms with E-state index in [1.807, 2.05) is 0 Å². The Morgan fingerprint density at radius 2 is 2.33 bits per heavy atom. The zero-order valence-corrected chi connectivity index (χ0v) is 11.8. The molecule has 0 aromatic carbocycles. The molecule has 0 aliphatic heterocycles. The van der Waals surface area contributed by atoms with Crippen molar-refractivity contribution < 1.29 is 19.1 Å². The van der Waals surface area contributed by atoms with E-state index in [0.717, 1.165) is 5.70 Å². The van der Waals surface area contributed by atoms with Gasteiger partial charge in [-0.2, -0.15) is 0 Å². The number of fused-ring (bicyclic) bond motifs is 1. The van der Waals surface area contributed by atoms with Gasteiger partial charge in [0.2, 0.25) is 0 Å². The minimum Gasteiger partial charge on any atom is -0.777 e. The minimum absolute atomic E-state index is 0.303. The Hall–Kier alpha value is -1.80. The van der Waals surface area contributed by atoms with E-state index in [0.29, 0.717) is 29.8 Å². The lowest BCUT2D eigenvalue weighted by Crippen LogP contribution is -2.12. The van der Waals surface area contributed by atoms with E-state index < -0.39 is 13.9 Å². The first-order valence-electron chi connectivity index (χ1n) is 6.23. The number of aromatic nitrogens is 4. The predicted octanol–water partition coefficient (Wildman–Crippen LogP) is -0.0684. The second kappa shape index (κ2) is 5.19. The first kappa shape index (κ1) is 14.2. The molecule has 9 nitrogen and oxygen atoms in total. The first-order chi connectivity index (χ1) is 9.94. The van der Waals surface area contributed by atoms with Crippen molar-refractivity contribution in [2.45, 2.75) is 18.9 Å². The van der Waals surface area contributed by atoms with Crippen LogP contribution in [0.3, 0.4) is 0 Å². The van der Waals surface area contributed by atoms with E-state index in [1.165, 1.54) is 6.33 Å². The Balaban J connectivity index is 1.83. The molecule has 2 heterocycles. The highest BCUT2D eigenvalue weighted by molar-refractivity contribution is 7.50. The van der Waals surface area contributed by atoms with Crippen molar-refractivity contribution in [3.05, 3.63) is 18.7 Å². The molecule has 0 radical (unpaired) electrons. The Morgan fingerprint density at radius 3 is 3.10 bits per heavy atom. The van der Waals surface area contributed by atoms with Crippen molar-refractivity contribution in [1.29, 1.82) is 0 Å². The second-order valence-electron chi connectivity index (χ2n) is 4.71. The van der Waals surface area contributed by atoms with Crippen LogP contribution >= 0.6 is 7.60 Å². The third-order valence-electron chi connectivity index (χ3n) is 3.19. The molecule has 0 spiro atoms. The Bertz CT molecular complexity index is 752. The maximum absolute atomic E-state index is 10.7. The normalized spacial score (nSPS) is 21.4. The number of ether oxygens (including phenoxy) is 1. The van der Waals surface area contributed by atoms with E-state index in [-0.39, 0.29) is 6.10 Å². The highest BCUT2D eigenvalue weighted by Gasteiger charge is 2.21. The van der Waals surface area contributed by atoms with Gasteiger partial charge in [-0.25, -0.2) is 15.0 Å². The third kappa shape index (κ3) is 2.96. The van der Waals surface area contributed by atoms with Crippen LogP contribution in [0.15, 0.2) is 18.7 Å². The van der Waals surface area contributed by atoms with Gasteiger partial charge in [0.25, 0.3) is 0 Å². The van der Waals surface area contributed by atoms with Crippen LogP contribution in [-0.2, 0) is 9.30 Å². The van der Waals surface area contributed by atoms with Crippen molar-refractivity contribution >= 4 is 30.3 Å². The molecule has 0 saturated heterocycles. The molecule has 0 saturated carbocycles. The lowest BCUT2D eigenvalue weighted by atomic mass is 10.3. The standard InChI is InChI=1S/C11H14N5O4P/c12-10-9-11(14-4-13-10)16(5-15-9)7-1-2-8(3-7)20-6-21(17,18)19/h3-5,8H,1-2,6H2,(H2,12,13,14)(H2,17,18,19)/p-1/t8-/m0/s1. The number of nitrogens with zero attached hydrogens (tertiary/aromatic N) is 4. The molecule has 3 N–H and O–H groups in total. The lowest BCUT2D eigenvalue weighted by Gasteiger charge is -2.17. The van der Waals surface area contributed by atoms with Crippen molar-refractivity contribution in [3.63, 3.8) is 0 Å². The Kier molecular flexibility index (Phi) is 3.50. The molecule has 21 heavy (non-hydrogen) atoms. The topological polar surface area (TPSA) is 139 Å². The molecule has 1 aliphatic rings. The summed E-state index contributed by atoms with van der Waals surface area (Å²) in [6.45, 7) is 0. The Labute approximate surface area is 119 Å². The van der Waals surface area contributed by atoms with E-state index in [1.54, 1.807) is 17.0 Å². The molecule has 1 aliphatic carbocycles. The average molecular weight is 310 g/mol. The van der Waals surface area contributed by atoms with Gasteiger partial charge in [0, 0.05) is 5.70 Å². The highest BCUT2D eigenvalue weighted by Crippen LogP contribution is 2.33. The Morgan fingerprint density at radius 1 is 1.52 bits per heavy atom. The van der Waals surface area contributed by atoms with Gasteiger partial charge in [0.15, 0.2) is 24.6 Å². The summed E-state index contributed by atoms with van der Waals surface area (Å²) in [7, 11) is -4.40. The predicted molar refractivity (Wildman–Crippen MR) is 72.8 cm³/mol. The largest absolute Gasteiger partial charge is 0.777 e. The first-order valence-corrected chi connectivity index (χ1v) is 7.99. The molecule has 1 unspecified atom stereocenters. The number of anilines is 1. The van der Waals surface area contributed by atoms with Gasteiger partial charge in [0.1, 0.15) is 19.0 Å². The molecule has 2 atom stereocenters. The fourth-order valence-electron chi connectivity index (χ4n) is 2.26. The van der Waals surface area contributed by atoms with E-state index >= 15 is 0 Å². The van der Waals surface area contributed by atoms with Crippen LogP contribution in [0, 0.1) is 0 Å². The molecular formula is C11H13N5O4P-. The fraction of sp³-hybridized carbons (Fsp3) is 0.364. The summed E-state index contributed by atoms with van der Waals surface area (Å²) in [5.41, 5.74) is 7.72. The highest BCUT2D eigenvalue weighted by atomic mass is 31.2. The average Bonchev–Trinajstić information content (AvgIpc) is 3.02. The summed E-state index contributed by atoms with van der Waals surface area (Å²) in [6.07, 6.45) is 4.97. The minimum atomic E-state index is -4.40. The summed E-state index contributed by atoms with van der Waals surface area (Å²) in [4.78, 5) is 31.6. The van der Waals surface area contributed by atoms with Gasteiger partial charge in [-0.1, -0.05) is 0 Å². The van der Waals surface area contributed by atoms with Crippen LogP contribution in [0.4, 0.5) is 5.82 Å². The van der Waals surface area contributed by atoms with Gasteiger partial charge < -0.3 is 24.8 Å². The molecule has 0 fully saturated rings.